The molecule has 25 heavy (non-hydrogen) atoms. The van der Waals surface area contributed by atoms with E-state index in [9.17, 15) is 0 Å². The summed E-state index contributed by atoms with van der Waals surface area (Å²) in [5, 5.41) is 6.69. The van der Waals surface area contributed by atoms with Crippen LogP contribution in [0.25, 0.3) is 0 Å². The van der Waals surface area contributed by atoms with Crippen molar-refractivity contribution in [1.82, 2.24) is 15.5 Å². The van der Waals surface area contributed by atoms with Crippen molar-refractivity contribution in [1.29, 1.82) is 0 Å². The number of benzene rings is 1. The van der Waals surface area contributed by atoms with Gasteiger partial charge in [0.15, 0.2) is 5.96 Å². The zero-order chi connectivity index (χ0) is 17.6. The summed E-state index contributed by atoms with van der Waals surface area (Å²) in [4.78, 5) is 6.87. The third kappa shape index (κ3) is 8.89. The topological polar surface area (TPSA) is 48.9 Å². The molecule has 1 saturated heterocycles. The molecule has 0 unspecified atom stereocenters. The van der Waals surface area contributed by atoms with Crippen molar-refractivity contribution < 1.29 is 4.74 Å². The summed E-state index contributed by atoms with van der Waals surface area (Å²) in [7, 11) is 1.81. The van der Waals surface area contributed by atoms with Crippen molar-refractivity contribution >= 4 is 5.96 Å². The molecule has 5 nitrogen and oxygen atoms in total. The Morgan fingerprint density at radius 2 is 1.76 bits per heavy atom. The van der Waals surface area contributed by atoms with Gasteiger partial charge in [0.25, 0.3) is 0 Å². The van der Waals surface area contributed by atoms with E-state index >= 15 is 0 Å². The number of hydrogen-bond donors (Lipinski definition) is 2. The maximum atomic E-state index is 5.68. The zero-order valence-electron chi connectivity index (χ0n) is 15.7. The van der Waals surface area contributed by atoms with E-state index in [4.69, 9.17) is 4.74 Å². The number of likely N-dealkylation sites (tertiary alicyclic amines) is 1. The molecule has 1 aromatic rings. The Morgan fingerprint density at radius 1 is 1.04 bits per heavy atom. The third-order valence-corrected chi connectivity index (χ3v) is 4.52. The molecule has 0 aliphatic carbocycles. The summed E-state index contributed by atoms with van der Waals surface area (Å²) in [6, 6.07) is 10.3. The van der Waals surface area contributed by atoms with Crippen LogP contribution in [0, 0.1) is 0 Å². The molecule has 2 rings (SSSR count). The van der Waals surface area contributed by atoms with Crippen molar-refractivity contribution in [3.05, 3.63) is 35.9 Å². The molecule has 140 valence electrons. The molecule has 5 heteroatoms. The molecule has 0 radical (unpaired) electrons. The van der Waals surface area contributed by atoms with Gasteiger partial charge in [-0.25, -0.2) is 0 Å². The summed E-state index contributed by atoms with van der Waals surface area (Å²) in [6.45, 7) is 6.77. The normalized spacial score (nSPS) is 16.4. The van der Waals surface area contributed by atoms with Crippen LogP contribution >= 0.6 is 0 Å². The number of hydrogen-bond acceptors (Lipinski definition) is 3. The number of ether oxygens (including phenoxy) is 1. The highest BCUT2D eigenvalue weighted by Crippen LogP contribution is 2.09. The molecule has 0 amide bonds. The summed E-state index contributed by atoms with van der Waals surface area (Å²) in [5.74, 6) is 0.860. The van der Waals surface area contributed by atoms with Gasteiger partial charge < -0.3 is 20.3 Å². The Balaban J connectivity index is 1.49. The van der Waals surface area contributed by atoms with Gasteiger partial charge in [-0.2, -0.15) is 0 Å². The first-order chi connectivity index (χ1) is 12.4. The van der Waals surface area contributed by atoms with Crippen LogP contribution in [-0.4, -0.2) is 57.2 Å². The predicted molar refractivity (Wildman–Crippen MR) is 105 cm³/mol. The fourth-order valence-electron chi connectivity index (χ4n) is 3.10. The zero-order valence-corrected chi connectivity index (χ0v) is 15.7. The Bertz CT molecular complexity index is 470. The molecule has 0 spiro atoms. The molecule has 1 aliphatic heterocycles. The molecular formula is C20H34N4O. The van der Waals surface area contributed by atoms with E-state index in [0.717, 1.165) is 25.5 Å². The average molecular weight is 347 g/mol. The van der Waals surface area contributed by atoms with Crippen LogP contribution in [0.15, 0.2) is 35.3 Å². The van der Waals surface area contributed by atoms with Gasteiger partial charge in [-0.15, -0.1) is 0 Å². The first-order valence-corrected chi connectivity index (χ1v) is 9.67. The van der Waals surface area contributed by atoms with Crippen LogP contribution in [0.1, 0.15) is 37.7 Å². The predicted octanol–water partition coefficient (Wildman–Crippen LogP) is 2.63. The Morgan fingerprint density at radius 3 is 2.48 bits per heavy atom. The quantitative estimate of drug-likeness (QED) is 0.410. The monoisotopic (exact) mass is 346 g/mol. The Labute approximate surface area is 152 Å². The van der Waals surface area contributed by atoms with Crippen molar-refractivity contribution in [2.24, 2.45) is 4.99 Å². The molecule has 2 N–H and O–H groups in total. The van der Waals surface area contributed by atoms with Crippen molar-refractivity contribution in [3.8, 4) is 0 Å². The average Bonchev–Trinajstić information content (AvgIpc) is 2.93. The summed E-state index contributed by atoms with van der Waals surface area (Å²) < 4.78 is 5.68. The lowest BCUT2D eigenvalue weighted by Crippen LogP contribution is -2.40. The lowest BCUT2D eigenvalue weighted by Gasteiger charge is -2.20. The van der Waals surface area contributed by atoms with E-state index in [1.807, 2.05) is 25.2 Å². The van der Waals surface area contributed by atoms with Crippen molar-refractivity contribution in [2.75, 3.05) is 46.4 Å². The molecular weight excluding hydrogens is 312 g/mol. The van der Waals surface area contributed by atoms with Gasteiger partial charge in [-0.1, -0.05) is 43.2 Å². The Kier molecular flexibility index (Phi) is 10.0. The highest BCUT2D eigenvalue weighted by molar-refractivity contribution is 5.79. The van der Waals surface area contributed by atoms with Gasteiger partial charge >= 0.3 is 0 Å². The van der Waals surface area contributed by atoms with Crippen molar-refractivity contribution in [3.63, 3.8) is 0 Å². The smallest absolute Gasteiger partial charge is 0.191 e. The number of nitrogens with one attached hydrogen (secondary N) is 2. The number of rotatable bonds is 9. The van der Waals surface area contributed by atoms with Gasteiger partial charge in [0, 0.05) is 20.1 Å². The van der Waals surface area contributed by atoms with E-state index < -0.39 is 0 Å². The van der Waals surface area contributed by atoms with Gasteiger partial charge in [-0.05, 0) is 44.5 Å². The lowest BCUT2D eigenvalue weighted by atomic mass is 10.2. The minimum absolute atomic E-state index is 0.657. The second kappa shape index (κ2) is 12.7. The van der Waals surface area contributed by atoms with Crippen LogP contribution < -0.4 is 10.6 Å². The van der Waals surface area contributed by atoms with Crippen molar-refractivity contribution in [2.45, 2.75) is 38.7 Å². The molecule has 0 saturated carbocycles. The van der Waals surface area contributed by atoms with Crippen LogP contribution in [0.5, 0.6) is 0 Å². The van der Waals surface area contributed by atoms with Crippen LogP contribution in [-0.2, 0) is 11.3 Å². The van der Waals surface area contributed by atoms with E-state index in [1.165, 1.54) is 50.9 Å². The summed E-state index contributed by atoms with van der Waals surface area (Å²) in [5.41, 5.74) is 1.21. The fourth-order valence-corrected chi connectivity index (χ4v) is 3.10. The SMILES string of the molecule is CN=C(NCCCN1CCCCCC1)NCCOCc1ccccc1. The Hall–Kier alpha value is -1.59. The van der Waals surface area contributed by atoms with Crippen LogP contribution in [0.4, 0.5) is 0 Å². The lowest BCUT2D eigenvalue weighted by molar-refractivity contribution is 0.125. The summed E-state index contributed by atoms with van der Waals surface area (Å²) >= 11 is 0. The van der Waals surface area contributed by atoms with Gasteiger partial charge in [0.1, 0.15) is 0 Å². The molecule has 0 aromatic heterocycles. The summed E-state index contributed by atoms with van der Waals surface area (Å²) in [6.07, 6.45) is 6.68. The second-order valence-corrected chi connectivity index (χ2v) is 6.57. The maximum Gasteiger partial charge on any atom is 0.191 e. The molecule has 0 bridgehead atoms. The van der Waals surface area contributed by atoms with Gasteiger partial charge in [0.2, 0.25) is 0 Å². The van der Waals surface area contributed by atoms with Gasteiger partial charge in [0.05, 0.1) is 13.2 Å². The van der Waals surface area contributed by atoms with Crippen LogP contribution in [0.2, 0.25) is 0 Å². The number of guanidine groups is 1. The number of aliphatic imine (C=N–C) groups is 1. The molecule has 1 heterocycles. The standard InChI is InChI=1S/C20H34N4O/c1-21-20(22-12-9-16-24-14-7-2-3-8-15-24)23-13-17-25-18-19-10-5-4-6-11-19/h4-6,10-11H,2-3,7-9,12-18H2,1H3,(H2,21,22,23). The highest BCUT2D eigenvalue weighted by atomic mass is 16.5. The minimum Gasteiger partial charge on any atom is -0.375 e. The van der Waals surface area contributed by atoms with E-state index in [0.29, 0.717) is 13.2 Å². The molecule has 0 atom stereocenters. The number of nitrogens with zero attached hydrogens (tertiary/aromatic N) is 2. The van der Waals surface area contributed by atoms with Crippen LogP contribution in [0.3, 0.4) is 0 Å². The first kappa shape index (κ1) is 19.7. The van der Waals surface area contributed by atoms with E-state index in [1.54, 1.807) is 0 Å². The molecule has 1 fully saturated rings. The maximum absolute atomic E-state index is 5.68. The first-order valence-electron chi connectivity index (χ1n) is 9.67. The fraction of sp³-hybridized carbons (Fsp3) is 0.650. The molecule has 1 aromatic carbocycles. The second-order valence-electron chi connectivity index (χ2n) is 6.57. The molecule has 1 aliphatic rings. The van der Waals surface area contributed by atoms with Gasteiger partial charge in [-0.3, -0.25) is 4.99 Å². The largest absolute Gasteiger partial charge is 0.375 e. The minimum atomic E-state index is 0.657. The third-order valence-electron chi connectivity index (χ3n) is 4.52. The van der Waals surface area contributed by atoms with E-state index in [2.05, 4.69) is 32.7 Å². The van der Waals surface area contributed by atoms with E-state index in [-0.39, 0.29) is 0 Å². The highest BCUT2D eigenvalue weighted by Gasteiger charge is 2.08.